The molecule has 0 saturated heterocycles. The van der Waals surface area contributed by atoms with Gasteiger partial charge in [0.05, 0.1) is 5.56 Å². The molecule has 0 bridgehead atoms. The molecule has 1 aromatic carbocycles. The Morgan fingerprint density at radius 2 is 2.00 bits per heavy atom. The first-order valence-corrected chi connectivity index (χ1v) is 6.01. The van der Waals surface area contributed by atoms with Crippen molar-refractivity contribution in [2.45, 2.75) is 6.92 Å². The van der Waals surface area contributed by atoms with Crippen LogP contribution in [0.5, 0.6) is 0 Å². The fourth-order valence-corrected chi connectivity index (χ4v) is 1.68. The van der Waals surface area contributed by atoms with Crippen molar-refractivity contribution >= 4 is 34.8 Å². The Bertz CT molecular complexity index is 582. The Morgan fingerprint density at radius 1 is 1.22 bits per heavy atom. The molecule has 0 radical (unpaired) electrons. The van der Waals surface area contributed by atoms with Crippen LogP contribution in [0.1, 0.15) is 15.9 Å². The topological polar surface area (TPSA) is 42.0 Å². The third-order valence-electron chi connectivity index (χ3n) is 2.42. The van der Waals surface area contributed by atoms with Crippen LogP contribution in [0.4, 0.5) is 5.69 Å². The molecule has 92 valence electrons. The lowest BCUT2D eigenvalue weighted by Crippen LogP contribution is -2.12. The van der Waals surface area contributed by atoms with Crippen LogP contribution in [0.25, 0.3) is 0 Å². The molecule has 1 N–H and O–H groups in total. The molecular formula is C13H10Cl2N2O. The van der Waals surface area contributed by atoms with E-state index < -0.39 is 0 Å². The van der Waals surface area contributed by atoms with Crippen LogP contribution in [0.15, 0.2) is 36.5 Å². The first kappa shape index (κ1) is 12.9. The number of amides is 1. The summed E-state index contributed by atoms with van der Waals surface area (Å²) in [6, 6.07) is 8.53. The maximum atomic E-state index is 11.9. The van der Waals surface area contributed by atoms with Gasteiger partial charge in [-0.2, -0.15) is 0 Å². The van der Waals surface area contributed by atoms with E-state index in [0.29, 0.717) is 21.4 Å². The minimum absolute atomic E-state index is 0.251. The van der Waals surface area contributed by atoms with Gasteiger partial charge in [-0.1, -0.05) is 29.3 Å². The molecule has 1 heterocycles. The predicted molar refractivity (Wildman–Crippen MR) is 73.4 cm³/mol. The number of carbonyl (C=O) groups is 1. The molecule has 5 heteroatoms. The van der Waals surface area contributed by atoms with Gasteiger partial charge in [0.25, 0.3) is 5.91 Å². The summed E-state index contributed by atoms with van der Waals surface area (Å²) < 4.78 is 0. The fraction of sp³-hybridized carbons (Fsp3) is 0.0769. The van der Waals surface area contributed by atoms with E-state index in [4.69, 9.17) is 23.2 Å². The molecule has 2 aromatic rings. The maximum Gasteiger partial charge on any atom is 0.257 e. The molecule has 0 spiro atoms. The van der Waals surface area contributed by atoms with Crippen LogP contribution in [0.2, 0.25) is 10.2 Å². The molecule has 0 aliphatic heterocycles. The number of nitrogens with zero attached hydrogens (tertiary/aromatic N) is 1. The summed E-state index contributed by atoms with van der Waals surface area (Å²) in [6.45, 7) is 1.90. The van der Waals surface area contributed by atoms with Gasteiger partial charge >= 0.3 is 0 Å². The van der Waals surface area contributed by atoms with Crippen molar-refractivity contribution in [3.05, 3.63) is 57.8 Å². The van der Waals surface area contributed by atoms with Crippen molar-refractivity contribution in [2.24, 2.45) is 0 Å². The molecule has 1 aromatic heterocycles. The van der Waals surface area contributed by atoms with Crippen molar-refractivity contribution in [1.82, 2.24) is 4.98 Å². The van der Waals surface area contributed by atoms with Crippen LogP contribution < -0.4 is 5.32 Å². The van der Waals surface area contributed by atoms with E-state index >= 15 is 0 Å². The third-order valence-corrected chi connectivity index (χ3v) is 3.05. The summed E-state index contributed by atoms with van der Waals surface area (Å²) in [5.74, 6) is -0.251. The lowest BCUT2D eigenvalue weighted by molar-refractivity contribution is 0.102. The molecular weight excluding hydrogens is 271 g/mol. The molecule has 0 fully saturated rings. The van der Waals surface area contributed by atoms with E-state index in [1.165, 1.54) is 6.20 Å². The zero-order valence-electron chi connectivity index (χ0n) is 9.58. The average Bonchev–Trinajstić information content (AvgIpc) is 2.34. The second-order valence-corrected chi connectivity index (χ2v) is 4.58. The van der Waals surface area contributed by atoms with Gasteiger partial charge in [0.2, 0.25) is 0 Å². The minimum atomic E-state index is -0.251. The fourth-order valence-electron chi connectivity index (χ4n) is 1.38. The molecule has 0 aliphatic carbocycles. The Hall–Kier alpha value is -1.58. The Balaban J connectivity index is 2.16. The van der Waals surface area contributed by atoms with Gasteiger partial charge in [-0.05, 0) is 36.8 Å². The van der Waals surface area contributed by atoms with Gasteiger partial charge in [0.1, 0.15) is 5.15 Å². The minimum Gasteiger partial charge on any atom is -0.322 e. The smallest absolute Gasteiger partial charge is 0.257 e. The number of halogens is 2. The van der Waals surface area contributed by atoms with E-state index in [1.807, 2.05) is 13.0 Å². The first-order valence-electron chi connectivity index (χ1n) is 5.25. The highest BCUT2D eigenvalue weighted by Crippen LogP contribution is 2.20. The van der Waals surface area contributed by atoms with Crippen LogP contribution >= 0.6 is 23.2 Å². The Morgan fingerprint density at radius 3 is 2.61 bits per heavy atom. The van der Waals surface area contributed by atoms with Gasteiger partial charge in [-0.25, -0.2) is 4.98 Å². The number of carbonyl (C=O) groups excluding carboxylic acids is 1. The van der Waals surface area contributed by atoms with Gasteiger partial charge in [0, 0.05) is 16.9 Å². The second kappa shape index (κ2) is 5.38. The number of nitrogens with one attached hydrogen (secondary N) is 1. The molecule has 1 amide bonds. The monoisotopic (exact) mass is 280 g/mol. The largest absolute Gasteiger partial charge is 0.322 e. The summed E-state index contributed by atoms with van der Waals surface area (Å²) in [4.78, 5) is 15.7. The Labute approximate surface area is 115 Å². The van der Waals surface area contributed by atoms with Crippen LogP contribution in [0.3, 0.4) is 0 Å². The number of aryl methyl sites for hydroxylation is 1. The maximum absolute atomic E-state index is 11.9. The highest BCUT2D eigenvalue weighted by Gasteiger charge is 2.07. The summed E-state index contributed by atoms with van der Waals surface area (Å²) in [7, 11) is 0. The predicted octanol–water partition coefficient (Wildman–Crippen LogP) is 3.95. The van der Waals surface area contributed by atoms with Gasteiger partial charge in [0.15, 0.2) is 0 Å². The average molecular weight is 281 g/mol. The molecule has 0 atom stereocenters. The lowest BCUT2D eigenvalue weighted by Gasteiger charge is -2.06. The van der Waals surface area contributed by atoms with Crippen LogP contribution in [-0.4, -0.2) is 10.9 Å². The molecule has 2 rings (SSSR count). The summed E-state index contributed by atoms with van der Waals surface area (Å²) >= 11 is 11.6. The van der Waals surface area contributed by atoms with Crippen molar-refractivity contribution in [1.29, 1.82) is 0 Å². The zero-order valence-corrected chi connectivity index (χ0v) is 11.1. The molecule has 0 aliphatic rings. The number of pyridine rings is 1. The van der Waals surface area contributed by atoms with E-state index in [2.05, 4.69) is 10.3 Å². The number of benzene rings is 1. The normalized spacial score (nSPS) is 10.2. The van der Waals surface area contributed by atoms with Crippen molar-refractivity contribution in [2.75, 3.05) is 5.32 Å². The lowest BCUT2D eigenvalue weighted by atomic mass is 10.2. The van der Waals surface area contributed by atoms with Crippen molar-refractivity contribution in [3.8, 4) is 0 Å². The SMILES string of the molecule is Cc1ccc(NC(=O)c2ccc(Cl)nc2)cc1Cl. The third kappa shape index (κ3) is 3.00. The summed E-state index contributed by atoms with van der Waals surface area (Å²) in [5, 5.41) is 3.70. The zero-order chi connectivity index (χ0) is 13.1. The van der Waals surface area contributed by atoms with E-state index in [-0.39, 0.29) is 5.91 Å². The number of aromatic nitrogens is 1. The van der Waals surface area contributed by atoms with E-state index in [9.17, 15) is 4.79 Å². The molecule has 0 unspecified atom stereocenters. The van der Waals surface area contributed by atoms with Crippen molar-refractivity contribution < 1.29 is 4.79 Å². The van der Waals surface area contributed by atoms with E-state index in [1.54, 1.807) is 24.3 Å². The van der Waals surface area contributed by atoms with Crippen LogP contribution in [0, 0.1) is 6.92 Å². The summed E-state index contributed by atoms with van der Waals surface area (Å²) in [5.41, 5.74) is 2.05. The van der Waals surface area contributed by atoms with Gasteiger partial charge in [-0.3, -0.25) is 4.79 Å². The van der Waals surface area contributed by atoms with Gasteiger partial charge in [-0.15, -0.1) is 0 Å². The highest BCUT2D eigenvalue weighted by molar-refractivity contribution is 6.31. The number of hydrogen-bond acceptors (Lipinski definition) is 2. The Kier molecular flexibility index (Phi) is 3.84. The number of anilines is 1. The molecule has 3 nitrogen and oxygen atoms in total. The second-order valence-electron chi connectivity index (χ2n) is 3.79. The first-order chi connectivity index (χ1) is 8.56. The van der Waals surface area contributed by atoms with Crippen molar-refractivity contribution in [3.63, 3.8) is 0 Å². The number of rotatable bonds is 2. The summed E-state index contributed by atoms with van der Waals surface area (Å²) in [6.07, 6.45) is 1.42. The highest BCUT2D eigenvalue weighted by atomic mass is 35.5. The molecule has 0 saturated carbocycles. The molecule has 18 heavy (non-hydrogen) atoms. The van der Waals surface area contributed by atoms with E-state index in [0.717, 1.165) is 5.56 Å². The number of hydrogen-bond donors (Lipinski definition) is 1. The van der Waals surface area contributed by atoms with Crippen LogP contribution in [-0.2, 0) is 0 Å². The quantitative estimate of drug-likeness (QED) is 0.847. The van der Waals surface area contributed by atoms with Gasteiger partial charge < -0.3 is 5.32 Å². The standard InChI is InChI=1S/C13H10Cl2N2O/c1-8-2-4-10(6-11(8)14)17-13(18)9-3-5-12(15)16-7-9/h2-7H,1H3,(H,17,18).